The number of anilines is 1. The molecule has 0 aliphatic carbocycles. The summed E-state index contributed by atoms with van der Waals surface area (Å²) < 4.78 is 38.9. The molecule has 9 heteroatoms. The van der Waals surface area contributed by atoms with Gasteiger partial charge >= 0.3 is 6.18 Å². The van der Waals surface area contributed by atoms with Crippen molar-refractivity contribution in [2.75, 3.05) is 5.73 Å². The smallest absolute Gasteiger partial charge is 0.398 e. The lowest BCUT2D eigenvalue weighted by Crippen LogP contribution is -2.11. The van der Waals surface area contributed by atoms with Gasteiger partial charge in [-0.15, -0.1) is 10.2 Å². The van der Waals surface area contributed by atoms with Crippen molar-refractivity contribution in [2.24, 2.45) is 0 Å². The van der Waals surface area contributed by atoms with Crippen molar-refractivity contribution < 1.29 is 13.2 Å². The van der Waals surface area contributed by atoms with Crippen LogP contribution < -0.4 is 5.73 Å². The molecule has 0 spiro atoms. The average molecular weight is 299 g/mol. The topological polar surface area (TPSA) is 69.1 Å². The predicted octanol–water partition coefficient (Wildman–Crippen LogP) is 2.76. The van der Waals surface area contributed by atoms with Gasteiger partial charge in [0.05, 0.1) is 0 Å². The number of halogens is 3. The van der Waals surface area contributed by atoms with Crippen molar-refractivity contribution in [3.8, 4) is 10.6 Å². The molecule has 0 atom stereocenters. The minimum atomic E-state index is -4.59. The molecule has 0 saturated heterocycles. The third-order valence-corrected chi connectivity index (χ3v) is 3.78. The summed E-state index contributed by atoms with van der Waals surface area (Å²) in [6.07, 6.45) is -4.59. The van der Waals surface area contributed by atoms with Crippen molar-refractivity contribution in [1.29, 1.82) is 0 Å². The molecule has 3 rings (SSSR count). The zero-order valence-electron chi connectivity index (χ0n) is 10.1. The molecule has 3 aromatic rings. The standard InChI is InChI=1S/C11H8F3N5S/c1-5-6(3-2-4-7(5)15)8-18-19-9(11(12,13)14)16-17-10(19)20-8/h2-4H,15H2,1H3. The first kappa shape index (κ1) is 12.9. The zero-order chi connectivity index (χ0) is 14.5. The highest BCUT2D eigenvalue weighted by molar-refractivity contribution is 7.19. The Morgan fingerprint density at radius 1 is 1.25 bits per heavy atom. The van der Waals surface area contributed by atoms with Gasteiger partial charge in [0.1, 0.15) is 5.01 Å². The fourth-order valence-electron chi connectivity index (χ4n) is 1.79. The van der Waals surface area contributed by atoms with E-state index >= 15 is 0 Å². The summed E-state index contributed by atoms with van der Waals surface area (Å²) >= 11 is 1.03. The lowest BCUT2D eigenvalue weighted by molar-refractivity contribution is -0.146. The molecule has 0 fully saturated rings. The number of aromatic nitrogens is 4. The van der Waals surface area contributed by atoms with Crippen LogP contribution in [0.5, 0.6) is 0 Å². The van der Waals surface area contributed by atoms with E-state index in [-0.39, 0.29) is 4.96 Å². The molecule has 0 aliphatic heterocycles. The second kappa shape index (κ2) is 4.17. The van der Waals surface area contributed by atoms with Crippen molar-refractivity contribution in [3.05, 3.63) is 29.6 Å². The molecule has 5 nitrogen and oxygen atoms in total. The molecule has 20 heavy (non-hydrogen) atoms. The molecule has 2 N–H and O–H groups in total. The van der Waals surface area contributed by atoms with Gasteiger partial charge in [0, 0.05) is 11.3 Å². The highest BCUT2D eigenvalue weighted by Crippen LogP contribution is 2.33. The van der Waals surface area contributed by atoms with Gasteiger partial charge in [-0.3, -0.25) is 0 Å². The van der Waals surface area contributed by atoms with Gasteiger partial charge < -0.3 is 5.73 Å². The van der Waals surface area contributed by atoms with Gasteiger partial charge in [-0.25, -0.2) is 0 Å². The number of nitrogens with two attached hydrogens (primary N) is 1. The van der Waals surface area contributed by atoms with E-state index in [4.69, 9.17) is 5.73 Å². The Morgan fingerprint density at radius 3 is 2.70 bits per heavy atom. The fourth-order valence-corrected chi connectivity index (χ4v) is 2.71. The van der Waals surface area contributed by atoms with E-state index in [0.29, 0.717) is 20.8 Å². The van der Waals surface area contributed by atoms with Crippen LogP contribution in [0.15, 0.2) is 18.2 Å². The third kappa shape index (κ3) is 1.90. The number of alkyl halides is 3. The maximum Gasteiger partial charge on any atom is 0.453 e. The first-order chi connectivity index (χ1) is 9.38. The summed E-state index contributed by atoms with van der Waals surface area (Å²) in [7, 11) is 0. The first-order valence-electron chi connectivity index (χ1n) is 5.53. The Labute approximate surface area is 114 Å². The Balaban J connectivity index is 2.19. The van der Waals surface area contributed by atoms with Crippen LogP contribution in [0.3, 0.4) is 0 Å². The summed E-state index contributed by atoms with van der Waals surface area (Å²) in [4.78, 5) is 0.0918. The minimum absolute atomic E-state index is 0.0918. The van der Waals surface area contributed by atoms with Crippen LogP contribution in [-0.2, 0) is 6.18 Å². The number of nitrogens with zero attached hydrogens (tertiary/aromatic N) is 4. The summed E-state index contributed by atoms with van der Waals surface area (Å²) in [5.41, 5.74) is 7.81. The molecular formula is C11H8F3N5S. The van der Waals surface area contributed by atoms with Gasteiger partial charge in [-0.2, -0.15) is 22.8 Å². The molecular weight excluding hydrogens is 291 g/mol. The zero-order valence-corrected chi connectivity index (χ0v) is 11.0. The highest BCUT2D eigenvalue weighted by Gasteiger charge is 2.38. The molecule has 0 amide bonds. The molecule has 0 aliphatic rings. The Hall–Kier alpha value is -2.16. The lowest BCUT2D eigenvalue weighted by atomic mass is 10.1. The van der Waals surface area contributed by atoms with E-state index in [0.717, 1.165) is 16.9 Å². The summed E-state index contributed by atoms with van der Waals surface area (Å²) in [5.74, 6) is -1.13. The van der Waals surface area contributed by atoms with E-state index in [9.17, 15) is 13.2 Å². The van der Waals surface area contributed by atoms with Gasteiger partial charge in [0.15, 0.2) is 0 Å². The van der Waals surface area contributed by atoms with Crippen LogP contribution in [-0.4, -0.2) is 19.8 Å². The molecule has 0 saturated carbocycles. The monoisotopic (exact) mass is 299 g/mol. The van der Waals surface area contributed by atoms with E-state index in [1.807, 2.05) is 0 Å². The SMILES string of the molecule is Cc1c(N)cccc1-c1nn2c(C(F)(F)F)nnc2s1. The number of hydrogen-bond acceptors (Lipinski definition) is 5. The highest BCUT2D eigenvalue weighted by atomic mass is 32.1. The molecule has 0 unspecified atom stereocenters. The largest absolute Gasteiger partial charge is 0.453 e. The molecule has 0 bridgehead atoms. The first-order valence-corrected chi connectivity index (χ1v) is 6.34. The van der Waals surface area contributed by atoms with Gasteiger partial charge in [0.25, 0.3) is 5.82 Å². The van der Waals surface area contributed by atoms with Crippen LogP contribution in [0.25, 0.3) is 15.5 Å². The quantitative estimate of drug-likeness (QED) is 0.701. The Bertz CT molecular complexity index is 789. The molecule has 1 aromatic carbocycles. The van der Waals surface area contributed by atoms with Crippen LogP contribution in [0.4, 0.5) is 18.9 Å². The second-order valence-electron chi connectivity index (χ2n) is 4.14. The van der Waals surface area contributed by atoms with E-state index < -0.39 is 12.0 Å². The minimum Gasteiger partial charge on any atom is -0.398 e. The maximum absolute atomic E-state index is 12.7. The Morgan fingerprint density at radius 2 is 2.00 bits per heavy atom. The number of nitrogen functional groups attached to an aromatic ring is 1. The fraction of sp³-hybridized carbons (Fsp3) is 0.182. The van der Waals surface area contributed by atoms with Gasteiger partial charge in [0.2, 0.25) is 4.96 Å². The number of fused-ring (bicyclic) bond motifs is 1. The average Bonchev–Trinajstić information content (AvgIpc) is 2.90. The maximum atomic E-state index is 12.7. The van der Waals surface area contributed by atoms with Crippen LogP contribution in [0, 0.1) is 6.92 Å². The van der Waals surface area contributed by atoms with Crippen molar-refractivity contribution in [2.45, 2.75) is 13.1 Å². The summed E-state index contributed by atoms with van der Waals surface area (Å²) in [5, 5.41) is 11.0. The number of benzene rings is 1. The van der Waals surface area contributed by atoms with Crippen LogP contribution in [0.1, 0.15) is 11.4 Å². The van der Waals surface area contributed by atoms with Crippen LogP contribution >= 0.6 is 11.3 Å². The molecule has 104 valence electrons. The molecule has 2 aromatic heterocycles. The van der Waals surface area contributed by atoms with Gasteiger partial charge in [-0.1, -0.05) is 23.5 Å². The van der Waals surface area contributed by atoms with Crippen molar-refractivity contribution in [3.63, 3.8) is 0 Å². The number of hydrogen-bond donors (Lipinski definition) is 1. The number of rotatable bonds is 1. The van der Waals surface area contributed by atoms with Crippen molar-refractivity contribution >= 4 is 22.0 Å². The summed E-state index contributed by atoms with van der Waals surface area (Å²) in [6, 6.07) is 5.20. The van der Waals surface area contributed by atoms with E-state index in [2.05, 4.69) is 15.3 Å². The second-order valence-corrected chi connectivity index (χ2v) is 5.10. The van der Waals surface area contributed by atoms with E-state index in [1.165, 1.54) is 0 Å². The van der Waals surface area contributed by atoms with Crippen LogP contribution in [0.2, 0.25) is 0 Å². The Kier molecular flexibility index (Phi) is 2.68. The molecule has 0 radical (unpaired) electrons. The molecule has 2 heterocycles. The normalized spacial score (nSPS) is 12.2. The summed E-state index contributed by atoms with van der Waals surface area (Å²) in [6.45, 7) is 1.79. The van der Waals surface area contributed by atoms with E-state index in [1.54, 1.807) is 25.1 Å². The lowest BCUT2D eigenvalue weighted by Gasteiger charge is -2.04. The predicted molar refractivity (Wildman–Crippen MR) is 68.2 cm³/mol. The van der Waals surface area contributed by atoms with Gasteiger partial charge in [-0.05, 0) is 18.6 Å². The third-order valence-electron chi connectivity index (χ3n) is 2.85. The van der Waals surface area contributed by atoms with Crippen molar-refractivity contribution in [1.82, 2.24) is 19.8 Å².